The molecule has 0 unspecified atom stereocenters. The second kappa shape index (κ2) is 16.6. The fraction of sp³-hybridized carbons (Fsp3) is 0.308. The van der Waals surface area contributed by atoms with Gasteiger partial charge in [-0.05, 0) is 96.4 Å². The lowest BCUT2D eigenvalue weighted by atomic mass is 9.98. The first-order valence-electron chi connectivity index (χ1n) is 16.3. The molecule has 0 atom stereocenters. The van der Waals surface area contributed by atoms with Crippen LogP contribution in [0.5, 0.6) is 11.5 Å². The molecule has 0 bridgehead atoms. The smallest absolute Gasteiger partial charge is 0.242 e. The van der Waals surface area contributed by atoms with Gasteiger partial charge in [-0.3, -0.25) is 14.4 Å². The van der Waals surface area contributed by atoms with E-state index in [4.69, 9.17) is 9.47 Å². The number of ether oxygens (including phenoxy) is 2. The van der Waals surface area contributed by atoms with Gasteiger partial charge >= 0.3 is 0 Å². The summed E-state index contributed by atoms with van der Waals surface area (Å²) in [6, 6.07) is 30.6. The van der Waals surface area contributed by atoms with Crippen LogP contribution in [0.25, 0.3) is 0 Å². The second-order valence-electron chi connectivity index (χ2n) is 12.0. The van der Waals surface area contributed by atoms with E-state index in [2.05, 4.69) is 28.8 Å². The first-order valence-corrected chi connectivity index (χ1v) is 16.3. The average Bonchev–Trinajstić information content (AvgIpc) is 3.60. The number of nitrogens with zero attached hydrogens (tertiary/aromatic N) is 2. The van der Waals surface area contributed by atoms with Crippen LogP contribution < -0.4 is 25.0 Å². The molecule has 9 heteroatoms. The lowest BCUT2D eigenvalue weighted by molar-refractivity contribution is -0.134. The Labute approximate surface area is 282 Å². The Morgan fingerprint density at radius 3 is 2.00 bits per heavy atom. The summed E-state index contributed by atoms with van der Waals surface area (Å²) < 4.78 is 10.6. The van der Waals surface area contributed by atoms with Crippen LogP contribution in [0.4, 0.5) is 5.69 Å². The number of carbonyl (C=O) groups is 3. The highest BCUT2D eigenvalue weighted by atomic mass is 16.5. The van der Waals surface area contributed by atoms with E-state index >= 15 is 0 Å². The number of benzene rings is 4. The van der Waals surface area contributed by atoms with Crippen molar-refractivity contribution in [2.75, 3.05) is 52.3 Å². The van der Waals surface area contributed by atoms with Gasteiger partial charge in [0.25, 0.3) is 0 Å². The fourth-order valence-electron chi connectivity index (χ4n) is 5.94. The Bertz CT molecular complexity index is 1630. The minimum absolute atomic E-state index is 0.0901. The summed E-state index contributed by atoms with van der Waals surface area (Å²) in [5.41, 5.74) is 6.09. The van der Waals surface area contributed by atoms with Crippen molar-refractivity contribution in [3.8, 4) is 11.5 Å². The van der Waals surface area contributed by atoms with Gasteiger partial charge in [0, 0.05) is 12.7 Å². The molecule has 4 aromatic carbocycles. The Hall–Kier alpha value is -5.15. The molecule has 3 amide bonds. The highest BCUT2D eigenvalue weighted by Gasteiger charge is 2.25. The lowest BCUT2D eigenvalue weighted by Gasteiger charge is -2.27. The SMILES string of the molecule is COc1ccc(C(NC(=O)CN(C)C(=O)CN(C(=O)CNCCc2ccccc2)c2ccc3c(c2)CCC3)c2ccc(OC)cc2)cc1. The van der Waals surface area contributed by atoms with Gasteiger partial charge in [0.1, 0.15) is 18.0 Å². The maximum absolute atomic E-state index is 13.6. The van der Waals surface area contributed by atoms with Gasteiger partial charge in [0.05, 0.1) is 33.4 Å². The molecule has 0 fully saturated rings. The lowest BCUT2D eigenvalue weighted by Crippen LogP contribution is -2.47. The molecule has 0 aliphatic heterocycles. The Balaban J connectivity index is 1.25. The third-order valence-corrected chi connectivity index (χ3v) is 8.71. The standard InChI is InChI=1S/C39H44N4O5/c1-42(26-36(44)41-39(30-13-18-34(47-2)19-14-30)31-15-20-35(48-3)21-16-31)38(46)27-43(33-17-12-29-10-7-11-32(29)24-33)37(45)25-40-23-22-28-8-5-4-6-9-28/h4-6,8-9,12-21,24,39-40H,7,10-11,22-23,25-27H2,1-3H3,(H,41,44). The quantitative estimate of drug-likeness (QED) is 0.181. The summed E-state index contributed by atoms with van der Waals surface area (Å²) in [5.74, 6) is 0.538. The zero-order valence-corrected chi connectivity index (χ0v) is 27.9. The minimum atomic E-state index is -0.468. The monoisotopic (exact) mass is 648 g/mol. The highest BCUT2D eigenvalue weighted by Crippen LogP contribution is 2.28. The molecule has 250 valence electrons. The van der Waals surface area contributed by atoms with E-state index in [1.165, 1.54) is 26.5 Å². The number of methoxy groups -OCH3 is 2. The molecule has 0 aromatic heterocycles. The van der Waals surface area contributed by atoms with Crippen LogP contribution >= 0.6 is 0 Å². The summed E-state index contributed by atoms with van der Waals surface area (Å²) in [4.78, 5) is 43.5. The molecular formula is C39H44N4O5. The molecule has 0 saturated heterocycles. The second-order valence-corrected chi connectivity index (χ2v) is 12.0. The van der Waals surface area contributed by atoms with E-state index in [1.54, 1.807) is 21.3 Å². The van der Waals surface area contributed by atoms with E-state index in [-0.39, 0.29) is 37.4 Å². The maximum atomic E-state index is 13.6. The minimum Gasteiger partial charge on any atom is -0.497 e. The van der Waals surface area contributed by atoms with Crippen LogP contribution in [0.2, 0.25) is 0 Å². The van der Waals surface area contributed by atoms with Crippen molar-refractivity contribution in [3.63, 3.8) is 0 Å². The van der Waals surface area contributed by atoms with Gasteiger partial charge in [-0.25, -0.2) is 0 Å². The Morgan fingerprint density at radius 1 is 0.750 bits per heavy atom. The summed E-state index contributed by atoms with van der Waals surface area (Å²) in [7, 11) is 4.79. The first-order chi connectivity index (χ1) is 23.3. The molecular weight excluding hydrogens is 604 g/mol. The largest absolute Gasteiger partial charge is 0.497 e. The molecule has 1 aliphatic carbocycles. The summed E-state index contributed by atoms with van der Waals surface area (Å²) in [5, 5.41) is 6.33. The average molecular weight is 649 g/mol. The van der Waals surface area contributed by atoms with Crippen molar-refractivity contribution < 1.29 is 23.9 Å². The van der Waals surface area contributed by atoms with E-state index < -0.39 is 6.04 Å². The van der Waals surface area contributed by atoms with Gasteiger partial charge in [0.2, 0.25) is 17.7 Å². The number of carbonyl (C=O) groups excluding carboxylic acids is 3. The Morgan fingerprint density at radius 2 is 1.38 bits per heavy atom. The van der Waals surface area contributed by atoms with Gasteiger partial charge in [-0.15, -0.1) is 0 Å². The molecule has 0 heterocycles. The van der Waals surface area contributed by atoms with Crippen LogP contribution in [0, 0.1) is 0 Å². The number of anilines is 1. The van der Waals surface area contributed by atoms with Crippen molar-refractivity contribution in [1.82, 2.24) is 15.5 Å². The fourth-order valence-corrected chi connectivity index (χ4v) is 5.94. The van der Waals surface area contributed by atoms with Crippen LogP contribution in [-0.4, -0.2) is 70.1 Å². The number of hydrogen-bond donors (Lipinski definition) is 2. The number of likely N-dealkylation sites (N-methyl/N-ethyl adjacent to an activating group) is 1. The van der Waals surface area contributed by atoms with E-state index in [1.807, 2.05) is 78.9 Å². The summed E-state index contributed by atoms with van der Waals surface area (Å²) in [6.07, 6.45) is 3.85. The summed E-state index contributed by atoms with van der Waals surface area (Å²) >= 11 is 0. The molecule has 5 rings (SSSR count). The number of fused-ring (bicyclic) bond motifs is 1. The van der Waals surface area contributed by atoms with Crippen molar-refractivity contribution in [2.45, 2.75) is 31.7 Å². The van der Waals surface area contributed by atoms with Crippen LogP contribution in [0.3, 0.4) is 0 Å². The van der Waals surface area contributed by atoms with E-state index in [9.17, 15) is 14.4 Å². The van der Waals surface area contributed by atoms with Gasteiger partial charge < -0.3 is 29.9 Å². The van der Waals surface area contributed by atoms with Crippen molar-refractivity contribution in [3.05, 3.63) is 125 Å². The number of hydrogen-bond acceptors (Lipinski definition) is 6. The first kappa shape index (κ1) is 34.2. The van der Waals surface area contributed by atoms with Gasteiger partial charge in [0.15, 0.2) is 0 Å². The molecule has 0 spiro atoms. The van der Waals surface area contributed by atoms with Gasteiger partial charge in [-0.2, -0.15) is 0 Å². The molecule has 0 radical (unpaired) electrons. The molecule has 0 saturated carbocycles. The molecule has 9 nitrogen and oxygen atoms in total. The topological polar surface area (TPSA) is 100 Å². The van der Waals surface area contributed by atoms with Crippen LogP contribution in [-0.2, 0) is 33.6 Å². The number of amides is 3. The van der Waals surface area contributed by atoms with Crippen LogP contribution in [0.1, 0.15) is 40.3 Å². The van der Waals surface area contributed by atoms with E-state index in [0.29, 0.717) is 23.7 Å². The zero-order valence-electron chi connectivity index (χ0n) is 27.9. The molecule has 4 aromatic rings. The zero-order chi connectivity index (χ0) is 33.9. The molecule has 1 aliphatic rings. The third kappa shape index (κ3) is 9.01. The van der Waals surface area contributed by atoms with Crippen molar-refractivity contribution in [2.24, 2.45) is 0 Å². The maximum Gasteiger partial charge on any atom is 0.242 e. The third-order valence-electron chi connectivity index (χ3n) is 8.71. The summed E-state index contributed by atoms with van der Waals surface area (Å²) in [6.45, 7) is 0.365. The number of rotatable bonds is 15. The van der Waals surface area contributed by atoms with Crippen molar-refractivity contribution >= 4 is 23.4 Å². The highest BCUT2D eigenvalue weighted by molar-refractivity contribution is 6.00. The molecule has 2 N–H and O–H groups in total. The Kier molecular flexibility index (Phi) is 11.8. The van der Waals surface area contributed by atoms with Crippen molar-refractivity contribution in [1.29, 1.82) is 0 Å². The number of aryl methyl sites for hydroxylation is 2. The van der Waals surface area contributed by atoms with E-state index in [0.717, 1.165) is 36.8 Å². The van der Waals surface area contributed by atoms with Crippen LogP contribution in [0.15, 0.2) is 97.1 Å². The predicted molar refractivity (Wildman–Crippen MR) is 187 cm³/mol. The number of nitrogens with one attached hydrogen (secondary N) is 2. The molecule has 48 heavy (non-hydrogen) atoms. The normalized spacial score (nSPS) is 11.9. The predicted octanol–water partition coefficient (Wildman–Crippen LogP) is 4.72. The van der Waals surface area contributed by atoms with Gasteiger partial charge in [-0.1, -0.05) is 60.7 Å².